The van der Waals surface area contributed by atoms with Gasteiger partial charge in [0.05, 0.1) is 5.56 Å². The molecule has 2 aromatic carbocycles. The predicted molar refractivity (Wildman–Crippen MR) is 126 cm³/mol. The summed E-state index contributed by atoms with van der Waals surface area (Å²) in [5, 5.41) is 3.17. The Labute approximate surface area is 195 Å². The Morgan fingerprint density at radius 2 is 1.82 bits per heavy atom. The van der Waals surface area contributed by atoms with Crippen LogP contribution in [0.2, 0.25) is 0 Å². The second-order valence-electron chi connectivity index (χ2n) is 8.76. The molecule has 176 valence electrons. The molecule has 1 aliphatic rings. The van der Waals surface area contributed by atoms with E-state index < -0.39 is 11.7 Å². The summed E-state index contributed by atoms with van der Waals surface area (Å²) < 4.78 is 41.3. The fourth-order valence-electron chi connectivity index (χ4n) is 4.44. The fraction of sp³-hybridized carbons (Fsp3) is 0.320. The minimum atomic E-state index is -4.38. The SMILES string of the molecule is CC(C)n1c(N2CCc3ccccc3C2)nc2c(NCc3cccc(C(F)(F)F)c3)ncnc21. The maximum atomic E-state index is 13.1. The van der Waals surface area contributed by atoms with Gasteiger partial charge >= 0.3 is 6.18 Å². The minimum Gasteiger partial charge on any atom is -0.364 e. The van der Waals surface area contributed by atoms with E-state index in [-0.39, 0.29) is 12.6 Å². The lowest BCUT2D eigenvalue weighted by Gasteiger charge is -2.30. The summed E-state index contributed by atoms with van der Waals surface area (Å²) >= 11 is 0. The molecule has 0 atom stereocenters. The van der Waals surface area contributed by atoms with Gasteiger partial charge in [-0.1, -0.05) is 36.4 Å². The van der Waals surface area contributed by atoms with Crippen molar-refractivity contribution < 1.29 is 13.2 Å². The van der Waals surface area contributed by atoms with Crippen molar-refractivity contribution in [1.82, 2.24) is 19.5 Å². The summed E-state index contributed by atoms with van der Waals surface area (Å²) in [5.74, 6) is 1.32. The van der Waals surface area contributed by atoms with Crippen LogP contribution >= 0.6 is 0 Å². The number of benzene rings is 2. The number of aromatic nitrogens is 4. The molecule has 0 radical (unpaired) electrons. The van der Waals surface area contributed by atoms with Crippen molar-refractivity contribution in [3.63, 3.8) is 0 Å². The quantitative estimate of drug-likeness (QED) is 0.415. The molecule has 0 aliphatic carbocycles. The first kappa shape index (κ1) is 22.2. The van der Waals surface area contributed by atoms with E-state index in [1.807, 2.05) is 0 Å². The van der Waals surface area contributed by atoms with Gasteiger partial charge in [0.15, 0.2) is 17.0 Å². The summed E-state index contributed by atoms with van der Waals surface area (Å²) in [7, 11) is 0. The Morgan fingerprint density at radius 3 is 2.59 bits per heavy atom. The van der Waals surface area contributed by atoms with Gasteiger partial charge in [-0.25, -0.2) is 15.0 Å². The molecule has 3 heterocycles. The third kappa shape index (κ3) is 4.18. The molecule has 6 nitrogen and oxygen atoms in total. The smallest absolute Gasteiger partial charge is 0.364 e. The molecule has 0 spiro atoms. The Kier molecular flexibility index (Phi) is 5.63. The van der Waals surface area contributed by atoms with Gasteiger partial charge in [0.1, 0.15) is 6.33 Å². The zero-order valence-electron chi connectivity index (χ0n) is 19.0. The highest BCUT2D eigenvalue weighted by Crippen LogP contribution is 2.32. The summed E-state index contributed by atoms with van der Waals surface area (Å²) in [4.78, 5) is 16.0. The summed E-state index contributed by atoms with van der Waals surface area (Å²) in [6.45, 7) is 5.96. The highest BCUT2D eigenvalue weighted by molar-refractivity contribution is 5.85. The highest BCUT2D eigenvalue weighted by Gasteiger charge is 2.30. The van der Waals surface area contributed by atoms with E-state index in [1.54, 1.807) is 6.07 Å². The van der Waals surface area contributed by atoms with Crippen LogP contribution in [0.5, 0.6) is 0 Å². The highest BCUT2D eigenvalue weighted by atomic mass is 19.4. The average Bonchev–Trinajstić information content (AvgIpc) is 3.23. The third-order valence-corrected chi connectivity index (χ3v) is 6.10. The van der Waals surface area contributed by atoms with Gasteiger partial charge in [-0.15, -0.1) is 0 Å². The maximum absolute atomic E-state index is 13.1. The first-order valence-corrected chi connectivity index (χ1v) is 11.3. The van der Waals surface area contributed by atoms with Crippen molar-refractivity contribution in [2.45, 2.75) is 45.6 Å². The number of imidazole rings is 1. The zero-order valence-corrected chi connectivity index (χ0v) is 19.0. The predicted octanol–water partition coefficient (Wildman–Crippen LogP) is 5.60. The maximum Gasteiger partial charge on any atom is 0.416 e. The van der Waals surface area contributed by atoms with Gasteiger partial charge in [0.25, 0.3) is 0 Å². The third-order valence-electron chi connectivity index (χ3n) is 6.10. The van der Waals surface area contributed by atoms with Crippen molar-refractivity contribution in [3.05, 3.63) is 77.1 Å². The molecule has 0 saturated carbocycles. The Balaban J connectivity index is 1.47. The molecule has 1 aliphatic heterocycles. The first-order chi connectivity index (χ1) is 16.3. The lowest BCUT2D eigenvalue weighted by atomic mass is 10.0. The molecule has 0 amide bonds. The van der Waals surface area contributed by atoms with Gasteiger partial charge in [0, 0.05) is 25.7 Å². The monoisotopic (exact) mass is 466 g/mol. The lowest BCUT2D eigenvalue weighted by Crippen LogP contribution is -2.32. The van der Waals surface area contributed by atoms with E-state index >= 15 is 0 Å². The number of nitrogens with one attached hydrogen (secondary N) is 1. The number of rotatable bonds is 5. The summed E-state index contributed by atoms with van der Waals surface area (Å²) in [5.41, 5.74) is 3.79. The van der Waals surface area contributed by atoms with Crippen LogP contribution < -0.4 is 10.2 Å². The summed E-state index contributed by atoms with van der Waals surface area (Å²) in [6.07, 6.45) is -1.98. The number of hydrogen-bond acceptors (Lipinski definition) is 5. The van der Waals surface area contributed by atoms with Crippen LogP contribution in [-0.4, -0.2) is 26.1 Å². The van der Waals surface area contributed by atoms with E-state index in [0.29, 0.717) is 22.5 Å². The molecule has 34 heavy (non-hydrogen) atoms. The van der Waals surface area contributed by atoms with Gasteiger partial charge in [-0.05, 0) is 49.1 Å². The number of hydrogen-bond donors (Lipinski definition) is 1. The zero-order chi connectivity index (χ0) is 23.9. The molecule has 0 unspecified atom stereocenters. The minimum absolute atomic E-state index is 0.114. The van der Waals surface area contributed by atoms with Crippen LogP contribution in [0, 0.1) is 0 Å². The standard InChI is InChI=1S/C25H25F3N6/c1-16(2)34-23-21(32-24(34)33-11-10-18-7-3-4-8-19(18)14-33)22(30-15-31-23)29-13-17-6-5-9-20(12-17)25(26,27)28/h3-9,12,15-16H,10-11,13-14H2,1-2H3,(H,29,30,31). The molecule has 4 aromatic rings. The Hall–Kier alpha value is -3.62. The summed E-state index contributed by atoms with van der Waals surface area (Å²) in [6, 6.07) is 13.8. The number of alkyl halides is 3. The second-order valence-corrected chi connectivity index (χ2v) is 8.76. The number of fused-ring (bicyclic) bond motifs is 2. The van der Waals surface area contributed by atoms with E-state index in [9.17, 15) is 13.2 Å². The lowest BCUT2D eigenvalue weighted by molar-refractivity contribution is -0.137. The topological polar surface area (TPSA) is 58.9 Å². The van der Waals surface area contributed by atoms with Crippen LogP contribution in [0.4, 0.5) is 24.9 Å². The van der Waals surface area contributed by atoms with Gasteiger partial charge < -0.3 is 10.2 Å². The molecule has 1 N–H and O–H groups in total. The first-order valence-electron chi connectivity index (χ1n) is 11.3. The van der Waals surface area contributed by atoms with Crippen molar-refractivity contribution in [2.75, 3.05) is 16.8 Å². The van der Waals surface area contributed by atoms with Crippen LogP contribution in [0.1, 0.15) is 42.1 Å². The number of halogens is 3. The van der Waals surface area contributed by atoms with E-state index in [2.05, 4.69) is 62.9 Å². The average molecular weight is 467 g/mol. The van der Waals surface area contributed by atoms with Gasteiger partial charge in [-0.3, -0.25) is 4.57 Å². The largest absolute Gasteiger partial charge is 0.416 e. The van der Waals surface area contributed by atoms with Crippen LogP contribution in [0.15, 0.2) is 54.9 Å². The van der Waals surface area contributed by atoms with Crippen molar-refractivity contribution >= 4 is 22.9 Å². The van der Waals surface area contributed by atoms with Gasteiger partial charge in [-0.2, -0.15) is 13.2 Å². The molecular weight excluding hydrogens is 441 g/mol. The Bertz CT molecular complexity index is 1330. The molecule has 9 heteroatoms. The van der Waals surface area contributed by atoms with Crippen LogP contribution in [0.25, 0.3) is 11.2 Å². The Morgan fingerprint density at radius 1 is 1.03 bits per heavy atom. The van der Waals surface area contributed by atoms with E-state index in [4.69, 9.17) is 4.98 Å². The molecule has 5 rings (SSSR count). The van der Waals surface area contributed by atoms with E-state index in [1.165, 1.54) is 23.5 Å². The van der Waals surface area contributed by atoms with Crippen LogP contribution in [-0.2, 0) is 25.7 Å². The molecule has 2 aromatic heterocycles. The number of anilines is 2. The van der Waals surface area contributed by atoms with Crippen molar-refractivity contribution in [3.8, 4) is 0 Å². The normalized spacial score (nSPS) is 14.0. The number of nitrogens with zero attached hydrogens (tertiary/aromatic N) is 5. The molecule has 0 fully saturated rings. The van der Waals surface area contributed by atoms with Crippen molar-refractivity contribution in [1.29, 1.82) is 0 Å². The molecule has 0 bridgehead atoms. The second kappa shape index (κ2) is 8.62. The molecule has 0 saturated heterocycles. The fourth-order valence-corrected chi connectivity index (χ4v) is 4.44. The molecular formula is C25H25F3N6. The van der Waals surface area contributed by atoms with Gasteiger partial charge in [0.2, 0.25) is 5.95 Å². The van der Waals surface area contributed by atoms with Crippen LogP contribution in [0.3, 0.4) is 0 Å². The van der Waals surface area contributed by atoms with Crippen molar-refractivity contribution in [2.24, 2.45) is 0 Å². The van der Waals surface area contributed by atoms with E-state index in [0.717, 1.165) is 37.6 Å².